The molecule has 2 amide bonds. The quantitative estimate of drug-likeness (QED) is 0.775. The minimum absolute atomic E-state index is 0.000258. The van der Waals surface area contributed by atoms with Crippen molar-refractivity contribution in [1.82, 2.24) is 15.5 Å². The van der Waals surface area contributed by atoms with Gasteiger partial charge in [-0.25, -0.2) is 4.79 Å². The SMILES string of the molecule is CC(C)(CCC(=O)O)NC(=O)Nc1nnc(C(C)(C)C)s1. The normalized spacial score (nSPS) is 12.0. The van der Waals surface area contributed by atoms with E-state index < -0.39 is 17.5 Å². The van der Waals surface area contributed by atoms with E-state index in [1.54, 1.807) is 13.8 Å². The number of nitrogens with one attached hydrogen (secondary N) is 2. The molecule has 1 rings (SSSR count). The second-order valence-electron chi connectivity index (χ2n) is 6.52. The van der Waals surface area contributed by atoms with Gasteiger partial charge in [-0.1, -0.05) is 32.1 Å². The van der Waals surface area contributed by atoms with Gasteiger partial charge in [-0.2, -0.15) is 0 Å². The standard InChI is InChI=1S/C13H22N4O3S/c1-12(2,3)9-16-17-11(21-9)14-10(20)15-13(4,5)7-6-8(18)19/h6-7H2,1-5H3,(H,18,19)(H2,14,15,17,20). The molecule has 3 N–H and O–H groups in total. The van der Waals surface area contributed by atoms with Crippen molar-refractivity contribution in [2.75, 3.05) is 5.32 Å². The second-order valence-corrected chi connectivity index (χ2v) is 7.50. The van der Waals surface area contributed by atoms with Crippen LogP contribution in [0.1, 0.15) is 52.5 Å². The highest BCUT2D eigenvalue weighted by Crippen LogP contribution is 2.27. The zero-order chi connectivity index (χ0) is 16.3. The minimum atomic E-state index is -0.885. The van der Waals surface area contributed by atoms with Crippen LogP contribution in [0.15, 0.2) is 0 Å². The average Bonchev–Trinajstić information content (AvgIpc) is 2.73. The molecular weight excluding hydrogens is 292 g/mol. The Kier molecular flexibility index (Phi) is 5.27. The van der Waals surface area contributed by atoms with Crippen molar-refractivity contribution in [1.29, 1.82) is 0 Å². The molecule has 0 saturated carbocycles. The number of amides is 2. The van der Waals surface area contributed by atoms with E-state index in [1.807, 2.05) is 20.8 Å². The highest BCUT2D eigenvalue weighted by Gasteiger charge is 2.23. The predicted octanol–water partition coefficient (Wildman–Crippen LogP) is 2.60. The maximum absolute atomic E-state index is 11.9. The maximum Gasteiger partial charge on any atom is 0.321 e. The molecule has 21 heavy (non-hydrogen) atoms. The van der Waals surface area contributed by atoms with E-state index in [2.05, 4.69) is 20.8 Å². The molecule has 0 aliphatic rings. The number of carboxylic acid groups (broad SMARTS) is 1. The van der Waals surface area contributed by atoms with Gasteiger partial charge in [0.1, 0.15) is 5.01 Å². The molecule has 1 aromatic rings. The monoisotopic (exact) mass is 314 g/mol. The fraction of sp³-hybridized carbons (Fsp3) is 0.692. The summed E-state index contributed by atoms with van der Waals surface area (Å²) in [5, 5.41) is 23.3. The van der Waals surface area contributed by atoms with E-state index in [0.29, 0.717) is 11.6 Å². The molecule has 118 valence electrons. The lowest BCUT2D eigenvalue weighted by atomic mass is 9.98. The first-order chi connectivity index (χ1) is 9.49. The fourth-order valence-electron chi connectivity index (χ4n) is 1.49. The van der Waals surface area contributed by atoms with E-state index in [9.17, 15) is 9.59 Å². The molecule has 0 spiro atoms. The minimum Gasteiger partial charge on any atom is -0.481 e. The van der Waals surface area contributed by atoms with Gasteiger partial charge < -0.3 is 10.4 Å². The largest absolute Gasteiger partial charge is 0.481 e. The lowest BCUT2D eigenvalue weighted by Gasteiger charge is -2.25. The van der Waals surface area contributed by atoms with Gasteiger partial charge in [-0.3, -0.25) is 10.1 Å². The maximum atomic E-state index is 11.9. The fourth-order valence-corrected chi connectivity index (χ4v) is 2.29. The summed E-state index contributed by atoms with van der Waals surface area (Å²) in [7, 11) is 0. The molecule has 0 saturated heterocycles. The third kappa shape index (κ3) is 6.07. The molecule has 0 bridgehead atoms. The molecule has 0 atom stereocenters. The van der Waals surface area contributed by atoms with Crippen LogP contribution in [-0.2, 0) is 10.2 Å². The molecule has 1 aromatic heterocycles. The Balaban J connectivity index is 2.57. The summed E-state index contributed by atoms with van der Waals surface area (Å²) in [6.45, 7) is 9.61. The third-order valence-corrected chi connectivity index (χ3v) is 3.97. The molecule has 0 fully saturated rings. The van der Waals surface area contributed by atoms with Gasteiger partial charge in [-0.15, -0.1) is 10.2 Å². The van der Waals surface area contributed by atoms with Gasteiger partial charge in [0.25, 0.3) is 0 Å². The van der Waals surface area contributed by atoms with Crippen LogP contribution in [-0.4, -0.2) is 32.8 Å². The number of carboxylic acids is 1. The van der Waals surface area contributed by atoms with Crippen molar-refractivity contribution < 1.29 is 14.7 Å². The van der Waals surface area contributed by atoms with Crippen LogP contribution in [0.3, 0.4) is 0 Å². The van der Waals surface area contributed by atoms with Gasteiger partial charge in [0.05, 0.1) is 0 Å². The topological polar surface area (TPSA) is 104 Å². The second kappa shape index (κ2) is 6.38. The number of carbonyl (C=O) groups excluding carboxylic acids is 1. The predicted molar refractivity (Wildman–Crippen MR) is 81.7 cm³/mol. The smallest absolute Gasteiger partial charge is 0.321 e. The van der Waals surface area contributed by atoms with E-state index in [1.165, 1.54) is 11.3 Å². The Morgan fingerprint density at radius 2 is 1.81 bits per heavy atom. The summed E-state index contributed by atoms with van der Waals surface area (Å²) in [4.78, 5) is 22.5. The van der Waals surface area contributed by atoms with Crippen LogP contribution < -0.4 is 10.6 Å². The summed E-state index contributed by atoms with van der Waals surface area (Å²) >= 11 is 1.32. The van der Waals surface area contributed by atoms with Crippen LogP contribution in [0.5, 0.6) is 0 Å². The molecule has 0 aromatic carbocycles. The first kappa shape index (κ1) is 17.4. The number of aliphatic carboxylic acids is 1. The van der Waals surface area contributed by atoms with Gasteiger partial charge in [0.2, 0.25) is 5.13 Å². The van der Waals surface area contributed by atoms with Crippen LogP contribution in [0.2, 0.25) is 0 Å². The number of hydrogen-bond donors (Lipinski definition) is 3. The van der Waals surface area contributed by atoms with Crippen molar-refractivity contribution in [3.05, 3.63) is 5.01 Å². The van der Waals surface area contributed by atoms with Crippen molar-refractivity contribution in [3.63, 3.8) is 0 Å². The molecule has 1 heterocycles. The summed E-state index contributed by atoms with van der Waals surface area (Å²) in [6, 6.07) is -0.415. The molecular formula is C13H22N4O3S. The Morgan fingerprint density at radius 1 is 1.19 bits per heavy atom. The number of anilines is 1. The van der Waals surface area contributed by atoms with Crippen LogP contribution in [0.4, 0.5) is 9.93 Å². The van der Waals surface area contributed by atoms with Crippen molar-refractivity contribution in [2.24, 2.45) is 0 Å². The van der Waals surface area contributed by atoms with E-state index in [-0.39, 0.29) is 11.8 Å². The molecule has 7 nitrogen and oxygen atoms in total. The number of aromatic nitrogens is 2. The van der Waals surface area contributed by atoms with Gasteiger partial charge >= 0.3 is 12.0 Å². The van der Waals surface area contributed by atoms with E-state index in [4.69, 9.17) is 5.11 Å². The Bertz CT molecular complexity index is 520. The Hall–Kier alpha value is -1.70. The molecule has 0 aliphatic heterocycles. The highest BCUT2D eigenvalue weighted by molar-refractivity contribution is 7.15. The van der Waals surface area contributed by atoms with E-state index in [0.717, 1.165) is 5.01 Å². The first-order valence-corrected chi connectivity index (χ1v) is 7.46. The number of nitrogens with zero attached hydrogens (tertiary/aromatic N) is 2. The average molecular weight is 314 g/mol. The lowest BCUT2D eigenvalue weighted by molar-refractivity contribution is -0.137. The van der Waals surface area contributed by atoms with Gasteiger partial charge in [0, 0.05) is 17.4 Å². The van der Waals surface area contributed by atoms with Gasteiger partial charge in [-0.05, 0) is 20.3 Å². The number of urea groups is 1. The Labute approximate surface area is 128 Å². The lowest BCUT2D eigenvalue weighted by Crippen LogP contribution is -2.45. The summed E-state index contributed by atoms with van der Waals surface area (Å²) < 4.78 is 0. The molecule has 8 heteroatoms. The van der Waals surface area contributed by atoms with Crippen molar-refractivity contribution in [3.8, 4) is 0 Å². The van der Waals surface area contributed by atoms with Crippen LogP contribution in [0, 0.1) is 0 Å². The Morgan fingerprint density at radius 3 is 2.29 bits per heavy atom. The van der Waals surface area contributed by atoms with Crippen LogP contribution in [0.25, 0.3) is 0 Å². The molecule has 0 unspecified atom stereocenters. The van der Waals surface area contributed by atoms with E-state index >= 15 is 0 Å². The summed E-state index contributed by atoms with van der Waals surface area (Å²) in [6.07, 6.45) is 0.347. The highest BCUT2D eigenvalue weighted by atomic mass is 32.1. The molecule has 0 aliphatic carbocycles. The first-order valence-electron chi connectivity index (χ1n) is 6.64. The van der Waals surface area contributed by atoms with Gasteiger partial charge in [0.15, 0.2) is 0 Å². The summed E-state index contributed by atoms with van der Waals surface area (Å²) in [5.41, 5.74) is -0.727. The van der Waals surface area contributed by atoms with Crippen LogP contribution >= 0.6 is 11.3 Å². The number of hydrogen-bond acceptors (Lipinski definition) is 5. The molecule has 0 radical (unpaired) electrons. The third-order valence-electron chi connectivity index (χ3n) is 2.70. The van der Waals surface area contributed by atoms with Crippen molar-refractivity contribution >= 4 is 28.5 Å². The summed E-state index contributed by atoms with van der Waals surface area (Å²) in [5.74, 6) is -0.885. The number of rotatable bonds is 5. The van der Waals surface area contributed by atoms with Crippen molar-refractivity contribution in [2.45, 2.75) is 58.4 Å². The zero-order valence-electron chi connectivity index (χ0n) is 13.0. The zero-order valence-corrected chi connectivity index (χ0v) is 13.8. The number of carbonyl (C=O) groups is 2.